The number of amides is 1. The summed E-state index contributed by atoms with van der Waals surface area (Å²) in [5.74, 6) is -0.386. The molecule has 0 spiro atoms. The van der Waals surface area contributed by atoms with Gasteiger partial charge in [-0.05, 0) is 49.1 Å². The summed E-state index contributed by atoms with van der Waals surface area (Å²) in [6.45, 7) is 4.92. The molecule has 146 valence electrons. The van der Waals surface area contributed by atoms with Crippen LogP contribution < -0.4 is 4.72 Å². The van der Waals surface area contributed by atoms with Gasteiger partial charge in [0.05, 0.1) is 4.90 Å². The summed E-state index contributed by atoms with van der Waals surface area (Å²) < 4.78 is 40.4. The van der Waals surface area contributed by atoms with E-state index >= 15 is 0 Å². The molecule has 3 rings (SSSR count). The third-order valence-electron chi connectivity index (χ3n) is 4.67. The number of nitrogens with one attached hydrogen (secondary N) is 2. The van der Waals surface area contributed by atoms with Crippen LogP contribution in [0.3, 0.4) is 0 Å². The van der Waals surface area contributed by atoms with Crippen LogP contribution in [0.25, 0.3) is 0 Å². The minimum absolute atomic E-state index is 0.0279. The molecule has 0 unspecified atom stereocenters. The minimum atomic E-state index is -3.71. The average Bonchev–Trinajstić information content (AvgIpc) is 3.12. The van der Waals surface area contributed by atoms with Crippen LogP contribution in [0, 0.1) is 5.82 Å². The predicted molar refractivity (Wildman–Crippen MR) is 98.3 cm³/mol. The highest BCUT2D eigenvalue weighted by atomic mass is 32.2. The van der Waals surface area contributed by atoms with Crippen LogP contribution in [0.15, 0.2) is 35.2 Å². The van der Waals surface area contributed by atoms with Gasteiger partial charge < -0.3 is 4.90 Å². The number of benzene rings is 1. The molecular formula is C18H23FN4O3S. The molecule has 7 nitrogen and oxygen atoms in total. The van der Waals surface area contributed by atoms with Crippen LogP contribution in [0.1, 0.15) is 48.8 Å². The maximum absolute atomic E-state index is 13.0. The zero-order valence-corrected chi connectivity index (χ0v) is 16.1. The van der Waals surface area contributed by atoms with Crippen molar-refractivity contribution in [2.45, 2.75) is 43.5 Å². The van der Waals surface area contributed by atoms with Crippen LogP contribution in [0.4, 0.5) is 4.39 Å². The van der Waals surface area contributed by atoms with Crippen molar-refractivity contribution in [2.75, 3.05) is 13.1 Å². The standard InChI is InChI=1S/C18H23FN4O3S/c1-12(2)16-11-17(21-20-16)18(24)23-9-7-14(8-10-23)22-27(25,26)15-5-3-13(19)4-6-15/h3-6,11-12,14,22H,7-10H2,1-2H3,(H,20,21). The number of halogens is 1. The first-order valence-corrected chi connectivity index (χ1v) is 10.4. The van der Waals surface area contributed by atoms with E-state index in [9.17, 15) is 17.6 Å². The number of rotatable bonds is 5. The molecule has 2 aromatic rings. The number of carbonyl (C=O) groups is 1. The lowest BCUT2D eigenvalue weighted by Gasteiger charge is -2.31. The van der Waals surface area contributed by atoms with Gasteiger partial charge in [-0.25, -0.2) is 17.5 Å². The molecule has 1 aromatic heterocycles. The predicted octanol–water partition coefficient (Wildman–Crippen LogP) is 2.26. The van der Waals surface area contributed by atoms with E-state index in [1.807, 2.05) is 13.8 Å². The van der Waals surface area contributed by atoms with E-state index in [1.54, 1.807) is 11.0 Å². The number of likely N-dealkylation sites (tertiary alicyclic amines) is 1. The molecule has 9 heteroatoms. The van der Waals surface area contributed by atoms with Crippen molar-refractivity contribution in [1.29, 1.82) is 0 Å². The maximum Gasteiger partial charge on any atom is 0.274 e. The number of H-pyrrole nitrogens is 1. The van der Waals surface area contributed by atoms with Gasteiger partial charge in [-0.15, -0.1) is 0 Å². The van der Waals surface area contributed by atoms with Gasteiger partial charge in [-0.2, -0.15) is 5.10 Å². The van der Waals surface area contributed by atoms with Crippen molar-refractivity contribution in [1.82, 2.24) is 19.8 Å². The number of nitrogens with zero attached hydrogens (tertiary/aromatic N) is 2. The molecule has 0 atom stereocenters. The second-order valence-electron chi connectivity index (χ2n) is 7.00. The van der Waals surface area contributed by atoms with E-state index in [1.165, 1.54) is 12.1 Å². The molecule has 1 aliphatic rings. The van der Waals surface area contributed by atoms with E-state index in [0.29, 0.717) is 31.6 Å². The molecule has 1 fully saturated rings. The molecule has 1 saturated heterocycles. The molecule has 1 aliphatic heterocycles. The summed E-state index contributed by atoms with van der Waals surface area (Å²) in [5, 5.41) is 6.95. The highest BCUT2D eigenvalue weighted by Gasteiger charge is 2.28. The second-order valence-corrected chi connectivity index (χ2v) is 8.72. The van der Waals surface area contributed by atoms with Crippen molar-refractivity contribution < 1.29 is 17.6 Å². The maximum atomic E-state index is 13.0. The largest absolute Gasteiger partial charge is 0.337 e. The molecule has 27 heavy (non-hydrogen) atoms. The Morgan fingerprint density at radius 2 is 1.89 bits per heavy atom. The third kappa shape index (κ3) is 4.54. The molecule has 2 N–H and O–H groups in total. The van der Waals surface area contributed by atoms with E-state index in [0.717, 1.165) is 17.8 Å². The summed E-state index contributed by atoms with van der Waals surface area (Å²) in [6, 6.07) is 6.20. The van der Waals surface area contributed by atoms with E-state index in [-0.39, 0.29) is 22.8 Å². The Bertz CT molecular complexity index is 901. The summed E-state index contributed by atoms with van der Waals surface area (Å²) in [5.41, 5.74) is 1.28. The van der Waals surface area contributed by atoms with Gasteiger partial charge >= 0.3 is 0 Å². The summed E-state index contributed by atoms with van der Waals surface area (Å²) in [4.78, 5) is 14.3. The van der Waals surface area contributed by atoms with Crippen molar-refractivity contribution >= 4 is 15.9 Å². The van der Waals surface area contributed by atoms with E-state index < -0.39 is 15.8 Å². The fourth-order valence-corrected chi connectivity index (χ4v) is 4.31. The number of hydrogen-bond donors (Lipinski definition) is 2. The first-order valence-electron chi connectivity index (χ1n) is 8.89. The molecule has 0 aliphatic carbocycles. The summed E-state index contributed by atoms with van der Waals surface area (Å²) >= 11 is 0. The van der Waals surface area contributed by atoms with Gasteiger partial charge in [0.1, 0.15) is 11.5 Å². The first kappa shape index (κ1) is 19.5. The zero-order chi connectivity index (χ0) is 19.6. The molecule has 0 radical (unpaired) electrons. The fraction of sp³-hybridized carbons (Fsp3) is 0.444. The Kier molecular flexibility index (Phi) is 5.61. The first-order chi connectivity index (χ1) is 12.8. The minimum Gasteiger partial charge on any atom is -0.337 e. The van der Waals surface area contributed by atoms with Crippen molar-refractivity contribution in [3.63, 3.8) is 0 Å². The SMILES string of the molecule is CC(C)c1cc(C(=O)N2CCC(NS(=O)(=O)c3ccc(F)cc3)CC2)n[nH]1. The Labute approximate surface area is 158 Å². The number of piperidine rings is 1. The Morgan fingerprint density at radius 3 is 2.44 bits per heavy atom. The van der Waals surface area contributed by atoms with Gasteiger partial charge in [0.2, 0.25) is 10.0 Å². The van der Waals surface area contributed by atoms with E-state index in [2.05, 4.69) is 14.9 Å². The van der Waals surface area contributed by atoms with Crippen LogP contribution in [-0.4, -0.2) is 48.6 Å². The third-order valence-corrected chi connectivity index (χ3v) is 6.20. The van der Waals surface area contributed by atoms with Crippen LogP contribution in [-0.2, 0) is 10.0 Å². The zero-order valence-electron chi connectivity index (χ0n) is 15.3. The highest BCUT2D eigenvalue weighted by molar-refractivity contribution is 7.89. The lowest BCUT2D eigenvalue weighted by molar-refractivity contribution is 0.0705. The lowest BCUT2D eigenvalue weighted by Crippen LogP contribution is -2.46. The highest BCUT2D eigenvalue weighted by Crippen LogP contribution is 2.18. The monoisotopic (exact) mass is 394 g/mol. The number of aromatic amines is 1. The number of aromatic nitrogens is 2. The van der Waals surface area contributed by atoms with Gasteiger partial charge in [0.25, 0.3) is 5.91 Å². The van der Waals surface area contributed by atoms with Gasteiger partial charge in [-0.3, -0.25) is 9.89 Å². The Morgan fingerprint density at radius 1 is 1.26 bits per heavy atom. The molecule has 0 bridgehead atoms. The second kappa shape index (κ2) is 7.77. The summed E-state index contributed by atoms with van der Waals surface area (Å²) in [7, 11) is -3.71. The van der Waals surface area contributed by atoms with Gasteiger partial charge in [0.15, 0.2) is 0 Å². The van der Waals surface area contributed by atoms with Gasteiger partial charge in [0, 0.05) is 24.8 Å². The Hall–Kier alpha value is -2.26. The topological polar surface area (TPSA) is 95.2 Å². The molecule has 1 amide bonds. The number of hydrogen-bond acceptors (Lipinski definition) is 4. The molecule has 0 saturated carbocycles. The quantitative estimate of drug-likeness (QED) is 0.813. The molecule has 1 aromatic carbocycles. The van der Waals surface area contributed by atoms with E-state index in [4.69, 9.17) is 0 Å². The normalized spacial score (nSPS) is 16.1. The average molecular weight is 394 g/mol. The smallest absolute Gasteiger partial charge is 0.274 e. The van der Waals surface area contributed by atoms with Crippen LogP contribution in [0.2, 0.25) is 0 Å². The number of carbonyl (C=O) groups excluding carboxylic acids is 1. The van der Waals surface area contributed by atoms with Crippen LogP contribution in [0.5, 0.6) is 0 Å². The number of sulfonamides is 1. The lowest BCUT2D eigenvalue weighted by atomic mass is 10.1. The Balaban J connectivity index is 1.58. The van der Waals surface area contributed by atoms with Crippen LogP contribution >= 0.6 is 0 Å². The summed E-state index contributed by atoms with van der Waals surface area (Å²) in [6.07, 6.45) is 1.02. The van der Waals surface area contributed by atoms with Crippen molar-refractivity contribution in [3.05, 3.63) is 47.5 Å². The fourth-order valence-electron chi connectivity index (χ4n) is 3.01. The van der Waals surface area contributed by atoms with Gasteiger partial charge in [-0.1, -0.05) is 13.8 Å². The molecule has 2 heterocycles. The van der Waals surface area contributed by atoms with Crippen molar-refractivity contribution in [2.24, 2.45) is 0 Å². The molecular weight excluding hydrogens is 371 g/mol. The van der Waals surface area contributed by atoms with Crippen molar-refractivity contribution in [3.8, 4) is 0 Å².